The minimum absolute atomic E-state index is 0.311. The first kappa shape index (κ1) is 12.7. The highest BCUT2D eigenvalue weighted by atomic mass is 16.1. The Bertz CT molecular complexity index is 368. The summed E-state index contributed by atoms with van der Waals surface area (Å²) in [6.45, 7) is 6.08. The molecule has 0 saturated heterocycles. The van der Waals surface area contributed by atoms with Gasteiger partial charge in [-0.15, -0.1) is 0 Å². The molecule has 0 radical (unpaired) electrons. The molecule has 1 rings (SSSR count). The van der Waals surface area contributed by atoms with Gasteiger partial charge in [0, 0.05) is 5.41 Å². The van der Waals surface area contributed by atoms with E-state index in [-0.39, 0.29) is 17.4 Å². The Labute approximate surface area is 97.0 Å². The summed E-state index contributed by atoms with van der Waals surface area (Å²) in [6, 6.07) is 7.82. The Kier molecular flexibility index (Phi) is 3.70. The molecule has 0 bridgehead atoms. The Hall–Kier alpha value is -1.35. The van der Waals surface area contributed by atoms with Gasteiger partial charge in [0.1, 0.15) is 0 Å². The van der Waals surface area contributed by atoms with E-state index in [0.717, 1.165) is 5.56 Å². The Morgan fingerprint density at radius 3 is 2.19 bits per heavy atom. The fourth-order valence-electron chi connectivity index (χ4n) is 2.01. The van der Waals surface area contributed by atoms with Crippen molar-refractivity contribution in [3.05, 3.63) is 35.4 Å². The van der Waals surface area contributed by atoms with Gasteiger partial charge in [0.25, 0.3) is 0 Å². The van der Waals surface area contributed by atoms with Crippen LogP contribution in [0, 0.1) is 6.92 Å². The molecule has 3 nitrogen and oxygen atoms in total. The smallest absolute Gasteiger partial charge is 0.235 e. The van der Waals surface area contributed by atoms with Crippen molar-refractivity contribution in [2.45, 2.75) is 32.2 Å². The molecule has 1 unspecified atom stereocenters. The summed E-state index contributed by atoms with van der Waals surface area (Å²) in [5.41, 5.74) is 7.40. The molecular formula is C13H20N2O. The van der Waals surface area contributed by atoms with Gasteiger partial charge in [0.15, 0.2) is 0 Å². The van der Waals surface area contributed by atoms with Crippen LogP contribution in [0.2, 0.25) is 0 Å². The predicted octanol–water partition coefficient (Wildman–Crippen LogP) is 1.35. The van der Waals surface area contributed by atoms with Crippen molar-refractivity contribution in [2.24, 2.45) is 5.73 Å². The van der Waals surface area contributed by atoms with Crippen molar-refractivity contribution in [3.63, 3.8) is 0 Å². The summed E-state index contributed by atoms with van der Waals surface area (Å²) >= 11 is 0. The molecule has 3 heteroatoms. The number of benzene rings is 1. The maximum absolute atomic E-state index is 11.4. The second-order valence-electron chi connectivity index (χ2n) is 4.71. The van der Waals surface area contributed by atoms with Crippen molar-refractivity contribution in [2.75, 3.05) is 7.05 Å². The molecule has 0 aliphatic carbocycles. The molecule has 0 aromatic heterocycles. The lowest BCUT2D eigenvalue weighted by Crippen LogP contribution is -2.51. The normalized spacial score (nSPS) is 13.5. The summed E-state index contributed by atoms with van der Waals surface area (Å²) in [5.74, 6) is -0.326. The van der Waals surface area contributed by atoms with Crippen molar-refractivity contribution in [1.29, 1.82) is 0 Å². The number of hydrogen-bond donors (Lipinski definition) is 2. The van der Waals surface area contributed by atoms with E-state index in [2.05, 4.69) is 5.32 Å². The van der Waals surface area contributed by atoms with E-state index < -0.39 is 0 Å². The van der Waals surface area contributed by atoms with Gasteiger partial charge in [-0.1, -0.05) is 43.7 Å². The summed E-state index contributed by atoms with van der Waals surface area (Å²) < 4.78 is 0. The molecule has 0 saturated carbocycles. The number of carbonyl (C=O) groups is 1. The van der Waals surface area contributed by atoms with E-state index in [1.807, 2.05) is 45.0 Å². The lowest BCUT2D eigenvalue weighted by atomic mass is 9.77. The first-order valence-corrected chi connectivity index (χ1v) is 5.43. The Morgan fingerprint density at radius 2 is 1.81 bits per heavy atom. The molecule has 1 aromatic carbocycles. The number of rotatable bonds is 4. The quantitative estimate of drug-likeness (QED) is 0.804. The van der Waals surface area contributed by atoms with Gasteiger partial charge in [0.2, 0.25) is 5.91 Å². The highest BCUT2D eigenvalue weighted by molar-refractivity contribution is 5.81. The molecule has 0 spiro atoms. The zero-order valence-electron chi connectivity index (χ0n) is 10.4. The molecule has 0 aliphatic rings. The van der Waals surface area contributed by atoms with Crippen LogP contribution in [0.1, 0.15) is 25.0 Å². The molecule has 3 N–H and O–H groups in total. The summed E-state index contributed by atoms with van der Waals surface area (Å²) in [6.07, 6.45) is 0. The maximum Gasteiger partial charge on any atom is 0.235 e. The SMILES string of the molecule is CNC(C(N)=O)C(C)(C)c1ccc(C)cc1. The fraction of sp³-hybridized carbons (Fsp3) is 0.462. The minimum atomic E-state index is -0.366. The van der Waals surface area contributed by atoms with Gasteiger partial charge in [0.05, 0.1) is 6.04 Å². The summed E-state index contributed by atoms with van der Waals surface area (Å²) in [4.78, 5) is 11.4. The first-order valence-electron chi connectivity index (χ1n) is 5.43. The molecule has 1 atom stereocenters. The zero-order chi connectivity index (χ0) is 12.3. The minimum Gasteiger partial charge on any atom is -0.368 e. The molecule has 16 heavy (non-hydrogen) atoms. The summed E-state index contributed by atoms with van der Waals surface area (Å²) in [5, 5.41) is 2.98. The maximum atomic E-state index is 11.4. The van der Waals surface area contributed by atoms with Gasteiger partial charge in [-0.2, -0.15) is 0 Å². The van der Waals surface area contributed by atoms with Crippen molar-refractivity contribution < 1.29 is 4.79 Å². The standard InChI is InChI=1S/C13H20N2O/c1-9-5-7-10(8-6-9)13(2,3)11(15-4)12(14)16/h5-8,11,15H,1-4H3,(H2,14,16). The second-order valence-corrected chi connectivity index (χ2v) is 4.71. The number of carbonyl (C=O) groups excluding carboxylic acids is 1. The van der Waals surface area contributed by atoms with Crippen LogP contribution >= 0.6 is 0 Å². The van der Waals surface area contributed by atoms with Crippen LogP contribution < -0.4 is 11.1 Å². The number of hydrogen-bond acceptors (Lipinski definition) is 2. The Morgan fingerprint density at radius 1 is 1.31 bits per heavy atom. The van der Waals surface area contributed by atoms with Crippen LogP contribution in [-0.2, 0) is 10.2 Å². The zero-order valence-corrected chi connectivity index (χ0v) is 10.4. The Balaban J connectivity index is 3.08. The van der Waals surface area contributed by atoms with E-state index in [1.165, 1.54) is 5.56 Å². The van der Waals surface area contributed by atoms with E-state index in [4.69, 9.17) is 5.73 Å². The fourth-order valence-corrected chi connectivity index (χ4v) is 2.01. The highest BCUT2D eigenvalue weighted by Gasteiger charge is 2.34. The number of likely N-dealkylation sites (N-methyl/N-ethyl adjacent to an activating group) is 1. The molecule has 0 heterocycles. The molecular weight excluding hydrogens is 200 g/mol. The van der Waals surface area contributed by atoms with Gasteiger partial charge in [-0.05, 0) is 19.5 Å². The lowest BCUT2D eigenvalue weighted by Gasteiger charge is -2.32. The average Bonchev–Trinajstić information content (AvgIpc) is 2.18. The molecule has 1 aromatic rings. The lowest BCUT2D eigenvalue weighted by molar-refractivity contribution is -0.121. The topological polar surface area (TPSA) is 55.1 Å². The van der Waals surface area contributed by atoms with E-state index >= 15 is 0 Å². The van der Waals surface area contributed by atoms with Crippen LogP contribution in [0.3, 0.4) is 0 Å². The van der Waals surface area contributed by atoms with Crippen LogP contribution in [0.15, 0.2) is 24.3 Å². The number of aryl methyl sites for hydroxylation is 1. The van der Waals surface area contributed by atoms with E-state index in [1.54, 1.807) is 7.05 Å². The van der Waals surface area contributed by atoms with Crippen LogP contribution in [0.5, 0.6) is 0 Å². The van der Waals surface area contributed by atoms with Crippen molar-refractivity contribution in [1.82, 2.24) is 5.32 Å². The van der Waals surface area contributed by atoms with E-state index in [0.29, 0.717) is 0 Å². The van der Waals surface area contributed by atoms with Gasteiger partial charge < -0.3 is 11.1 Å². The third kappa shape index (κ3) is 2.42. The van der Waals surface area contributed by atoms with E-state index in [9.17, 15) is 4.79 Å². The number of nitrogens with one attached hydrogen (secondary N) is 1. The summed E-state index contributed by atoms with van der Waals surface area (Å²) in [7, 11) is 1.76. The monoisotopic (exact) mass is 220 g/mol. The largest absolute Gasteiger partial charge is 0.368 e. The van der Waals surface area contributed by atoms with Crippen molar-refractivity contribution in [3.8, 4) is 0 Å². The second kappa shape index (κ2) is 4.66. The average molecular weight is 220 g/mol. The predicted molar refractivity (Wildman–Crippen MR) is 66.2 cm³/mol. The molecule has 88 valence electrons. The third-order valence-corrected chi connectivity index (χ3v) is 3.09. The highest BCUT2D eigenvalue weighted by Crippen LogP contribution is 2.27. The number of amides is 1. The van der Waals surface area contributed by atoms with Crippen LogP contribution in [-0.4, -0.2) is 19.0 Å². The van der Waals surface area contributed by atoms with Gasteiger partial charge >= 0.3 is 0 Å². The van der Waals surface area contributed by atoms with Gasteiger partial charge in [-0.25, -0.2) is 0 Å². The molecule has 0 aliphatic heterocycles. The van der Waals surface area contributed by atoms with Gasteiger partial charge in [-0.3, -0.25) is 4.79 Å². The number of primary amides is 1. The first-order chi connectivity index (χ1) is 7.39. The van der Waals surface area contributed by atoms with Crippen LogP contribution in [0.25, 0.3) is 0 Å². The van der Waals surface area contributed by atoms with Crippen LogP contribution in [0.4, 0.5) is 0 Å². The molecule has 0 fully saturated rings. The third-order valence-electron chi connectivity index (χ3n) is 3.09. The number of nitrogens with two attached hydrogens (primary N) is 1. The van der Waals surface area contributed by atoms with Crippen molar-refractivity contribution >= 4 is 5.91 Å². The molecule has 1 amide bonds.